The number of nitrogens with one attached hydrogen (secondary N) is 2. The molecule has 0 atom stereocenters. The molecule has 0 saturated heterocycles. The lowest BCUT2D eigenvalue weighted by molar-refractivity contribution is -0.115. The maximum Gasteiger partial charge on any atom is 0.250 e. The van der Waals surface area contributed by atoms with E-state index in [1.165, 1.54) is 6.08 Å². The summed E-state index contributed by atoms with van der Waals surface area (Å²) < 4.78 is 0.993. The Labute approximate surface area is 166 Å². The summed E-state index contributed by atoms with van der Waals surface area (Å²) in [7, 11) is 0. The van der Waals surface area contributed by atoms with Crippen molar-refractivity contribution in [3.05, 3.63) is 62.0 Å². The largest absolute Gasteiger partial charge is 0.506 e. The Morgan fingerprint density at radius 2 is 1.75 bits per heavy atom. The van der Waals surface area contributed by atoms with Gasteiger partial charge in [0.15, 0.2) is 5.11 Å². The second kappa shape index (κ2) is 8.62. The van der Waals surface area contributed by atoms with Crippen LogP contribution in [-0.2, 0) is 4.79 Å². The van der Waals surface area contributed by atoms with Crippen LogP contribution in [0.4, 0.5) is 5.69 Å². The van der Waals surface area contributed by atoms with Crippen molar-refractivity contribution >= 4 is 78.5 Å². The summed E-state index contributed by atoms with van der Waals surface area (Å²) in [6.07, 6.45) is 3.03. The summed E-state index contributed by atoms with van der Waals surface area (Å²) >= 11 is 17.3. The first-order valence-corrected chi connectivity index (χ1v) is 8.96. The van der Waals surface area contributed by atoms with Crippen LogP contribution in [0.15, 0.2) is 51.4 Å². The highest BCUT2D eigenvalue weighted by Gasteiger charge is 2.08. The lowest BCUT2D eigenvalue weighted by Crippen LogP contribution is -2.32. The summed E-state index contributed by atoms with van der Waals surface area (Å²) in [6.45, 7) is 0. The fourth-order valence-electron chi connectivity index (χ4n) is 1.70. The number of benzene rings is 2. The average Bonchev–Trinajstić information content (AvgIpc) is 2.52. The van der Waals surface area contributed by atoms with Gasteiger partial charge in [-0.05, 0) is 80.0 Å². The van der Waals surface area contributed by atoms with E-state index in [1.807, 2.05) is 0 Å². The van der Waals surface area contributed by atoms with Gasteiger partial charge < -0.3 is 10.4 Å². The molecular formula is C16H11Br2ClN2O2S. The van der Waals surface area contributed by atoms with Gasteiger partial charge in [-0.15, -0.1) is 0 Å². The van der Waals surface area contributed by atoms with E-state index in [0.717, 1.165) is 5.56 Å². The fraction of sp³-hybridized carbons (Fsp3) is 0. The maximum atomic E-state index is 11.9. The van der Waals surface area contributed by atoms with E-state index in [4.69, 9.17) is 23.8 Å². The van der Waals surface area contributed by atoms with Crippen LogP contribution in [0.5, 0.6) is 5.75 Å². The topological polar surface area (TPSA) is 61.4 Å². The summed E-state index contributed by atoms with van der Waals surface area (Å²) in [6, 6.07) is 10.4. The molecule has 0 aromatic heterocycles. The molecule has 1 amide bonds. The maximum absolute atomic E-state index is 11.9. The van der Waals surface area contributed by atoms with Crippen LogP contribution in [0.25, 0.3) is 6.08 Å². The molecule has 0 aliphatic heterocycles. The van der Waals surface area contributed by atoms with Crippen molar-refractivity contribution in [3.63, 3.8) is 0 Å². The molecule has 2 aromatic carbocycles. The van der Waals surface area contributed by atoms with Crippen molar-refractivity contribution in [2.45, 2.75) is 0 Å². The van der Waals surface area contributed by atoms with Gasteiger partial charge in [0.25, 0.3) is 0 Å². The number of hydrogen-bond acceptors (Lipinski definition) is 3. The van der Waals surface area contributed by atoms with Crippen LogP contribution in [0, 0.1) is 0 Å². The number of carbonyl (C=O) groups is 1. The van der Waals surface area contributed by atoms with Crippen molar-refractivity contribution in [3.8, 4) is 5.75 Å². The molecule has 0 heterocycles. The first-order chi connectivity index (χ1) is 11.3. The van der Waals surface area contributed by atoms with Gasteiger partial charge in [-0.1, -0.05) is 23.7 Å². The number of phenolic OH excluding ortho intramolecular Hbond substituents is 1. The van der Waals surface area contributed by atoms with E-state index < -0.39 is 0 Å². The van der Waals surface area contributed by atoms with Gasteiger partial charge in [-0.25, -0.2) is 0 Å². The van der Waals surface area contributed by atoms with E-state index in [0.29, 0.717) is 19.7 Å². The summed E-state index contributed by atoms with van der Waals surface area (Å²) in [5.41, 5.74) is 1.46. The Bertz CT molecular complexity index is 787. The number of halogens is 3. The van der Waals surface area contributed by atoms with Gasteiger partial charge in [-0.3, -0.25) is 10.1 Å². The zero-order chi connectivity index (χ0) is 17.7. The molecule has 0 bridgehead atoms. The minimum atomic E-state index is -0.362. The van der Waals surface area contributed by atoms with Gasteiger partial charge in [-0.2, -0.15) is 0 Å². The van der Waals surface area contributed by atoms with E-state index >= 15 is 0 Å². The zero-order valence-electron chi connectivity index (χ0n) is 12.0. The normalized spacial score (nSPS) is 10.6. The van der Waals surface area contributed by atoms with Crippen molar-refractivity contribution < 1.29 is 9.90 Å². The lowest BCUT2D eigenvalue weighted by Gasteiger charge is -2.10. The second-order valence-corrected chi connectivity index (χ2v) is 7.17. The molecule has 4 nitrogen and oxygen atoms in total. The van der Waals surface area contributed by atoms with Crippen LogP contribution in [-0.4, -0.2) is 16.1 Å². The molecule has 0 spiro atoms. The molecule has 3 N–H and O–H groups in total. The molecule has 0 aliphatic carbocycles. The number of anilines is 1. The van der Waals surface area contributed by atoms with Crippen molar-refractivity contribution in [1.82, 2.24) is 5.32 Å². The van der Waals surface area contributed by atoms with E-state index in [9.17, 15) is 9.90 Å². The van der Waals surface area contributed by atoms with E-state index in [2.05, 4.69) is 42.5 Å². The van der Waals surface area contributed by atoms with Crippen LogP contribution < -0.4 is 10.6 Å². The van der Waals surface area contributed by atoms with Crippen molar-refractivity contribution in [1.29, 1.82) is 0 Å². The number of amides is 1. The van der Waals surface area contributed by atoms with E-state index in [-0.39, 0.29) is 16.8 Å². The number of rotatable bonds is 3. The SMILES string of the molecule is O=C(/C=C/c1ccc(Cl)cc1)NC(=S)Nc1cc(Br)c(O)c(Br)c1. The predicted molar refractivity (Wildman–Crippen MR) is 108 cm³/mol. The van der Waals surface area contributed by atoms with Crippen LogP contribution >= 0.6 is 55.7 Å². The predicted octanol–water partition coefficient (Wildman–Crippen LogP) is 5.10. The van der Waals surface area contributed by atoms with Crippen LogP contribution in [0.2, 0.25) is 5.02 Å². The number of aromatic hydroxyl groups is 1. The first-order valence-electron chi connectivity index (χ1n) is 6.59. The number of carbonyl (C=O) groups excluding carboxylic acids is 1. The molecule has 0 aliphatic rings. The standard InChI is InChI=1S/C16H11Br2ClN2O2S/c17-12-7-11(8-13(18)15(12)23)20-16(24)21-14(22)6-3-9-1-4-10(19)5-2-9/h1-8,23H,(H2,20,21,22,24)/b6-3+. The van der Waals surface area contributed by atoms with E-state index in [1.54, 1.807) is 42.5 Å². The molecular weight excluding hydrogens is 480 g/mol. The summed E-state index contributed by atoms with van der Waals surface area (Å²) in [5, 5.41) is 15.8. The number of thiocarbonyl (C=S) groups is 1. The van der Waals surface area contributed by atoms with Gasteiger partial charge in [0.2, 0.25) is 5.91 Å². The minimum Gasteiger partial charge on any atom is -0.506 e. The third-order valence-electron chi connectivity index (χ3n) is 2.81. The minimum absolute atomic E-state index is 0.0846. The average molecular weight is 491 g/mol. The van der Waals surface area contributed by atoms with Crippen LogP contribution in [0.1, 0.15) is 5.56 Å². The smallest absolute Gasteiger partial charge is 0.250 e. The molecule has 24 heavy (non-hydrogen) atoms. The molecule has 124 valence electrons. The Morgan fingerprint density at radius 3 is 2.33 bits per heavy atom. The van der Waals surface area contributed by atoms with Crippen LogP contribution in [0.3, 0.4) is 0 Å². The summed E-state index contributed by atoms with van der Waals surface area (Å²) in [4.78, 5) is 11.9. The summed E-state index contributed by atoms with van der Waals surface area (Å²) in [5.74, 6) is -0.277. The third kappa shape index (κ3) is 5.59. The quantitative estimate of drug-likeness (QED) is 0.318. The first kappa shape index (κ1) is 18.9. The van der Waals surface area contributed by atoms with Gasteiger partial charge in [0.05, 0.1) is 8.95 Å². The highest BCUT2D eigenvalue weighted by molar-refractivity contribution is 9.11. The van der Waals surface area contributed by atoms with Gasteiger partial charge in [0, 0.05) is 16.8 Å². The Kier molecular flexibility index (Phi) is 6.79. The van der Waals surface area contributed by atoms with Crippen molar-refractivity contribution in [2.24, 2.45) is 0 Å². The highest BCUT2D eigenvalue weighted by Crippen LogP contribution is 2.35. The fourth-order valence-corrected chi connectivity index (χ4v) is 3.23. The third-order valence-corrected chi connectivity index (χ3v) is 4.47. The molecule has 0 saturated carbocycles. The molecule has 0 fully saturated rings. The zero-order valence-corrected chi connectivity index (χ0v) is 16.8. The Hall–Kier alpha value is -1.41. The van der Waals surface area contributed by atoms with Gasteiger partial charge in [0.1, 0.15) is 5.75 Å². The van der Waals surface area contributed by atoms with Crippen molar-refractivity contribution in [2.75, 3.05) is 5.32 Å². The molecule has 2 aromatic rings. The Morgan fingerprint density at radius 1 is 1.17 bits per heavy atom. The molecule has 0 radical (unpaired) electrons. The lowest BCUT2D eigenvalue weighted by atomic mass is 10.2. The number of phenols is 1. The molecule has 8 heteroatoms. The molecule has 0 unspecified atom stereocenters. The van der Waals surface area contributed by atoms with Gasteiger partial charge >= 0.3 is 0 Å². The molecule has 2 rings (SSSR count). The monoisotopic (exact) mass is 488 g/mol. The highest BCUT2D eigenvalue weighted by atomic mass is 79.9. The Balaban J connectivity index is 1.94. The number of hydrogen-bond donors (Lipinski definition) is 3. The second-order valence-electron chi connectivity index (χ2n) is 4.62.